The van der Waals surface area contributed by atoms with E-state index in [0.717, 1.165) is 21.9 Å². The smallest absolute Gasteiger partial charge is 0.307 e. The Balaban J connectivity index is 2.08. The largest absolute Gasteiger partial charge is 0.324 e. The maximum absolute atomic E-state index is 12.6. The summed E-state index contributed by atoms with van der Waals surface area (Å²) in [5.74, 6) is 0.0793. The molecule has 0 bridgehead atoms. The van der Waals surface area contributed by atoms with Gasteiger partial charge in [-0.1, -0.05) is 12.1 Å². The predicted molar refractivity (Wildman–Crippen MR) is 76.7 cm³/mol. The normalized spacial score (nSPS) is 10.8. The molecule has 0 saturated carbocycles. The molecule has 0 unspecified atom stereocenters. The lowest BCUT2D eigenvalue weighted by atomic mass is 10.1. The number of amides is 2. The first-order valence-electron chi connectivity index (χ1n) is 6.34. The van der Waals surface area contributed by atoms with Gasteiger partial charge in [0, 0.05) is 18.8 Å². The number of hydrogen-bond acceptors (Lipinski definition) is 2. The molecule has 2 N–H and O–H groups in total. The highest BCUT2D eigenvalue weighted by Crippen LogP contribution is 2.21. The van der Waals surface area contributed by atoms with E-state index in [0.29, 0.717) is 5.69 Å². The third-order valence-electron chi connectivity index (χ3n) is 3.02. The van der Waals surface area contributed by atoms with Crippen molar-refractivity contribution in [3.63, 3.8) is 0 Å². The van der Waals surface area contributed by atoms with Gasteiger partial charge in [-0.25, -0.2) is 13.6 Å². The summed E-state index contributed by atoms with van der Waals surface area (Å²) in [4.78, 5) is 11.9. The van der Waals surface area contributed by atoms with Crippen molar-refractivity contribution in [1.82, 2.24) is 9.78 Å². The number of aromatic nitrogens is 2. The highest BCUT2D eigenvalue weighted by molar-refractivity contribution is 5.99. The molecule has 0 aliphatic heterocycles. The summed E-state index contributed by atoms with van der Waals surface area (Å²) < 4.78 is 26.3. The van der Waals surface area contributed by atoms with E-state index in [2.05, 4.69) is 15.7 Å². The number of rotatable bonds is 3. The Bertz CT molecular complexity index is 667. The Morgan fingerprint density at radius 1 is 1.24 bits per heavy atom. The molecule has 7 heteroatoms. The van der Waals surface area contributed by atoms with Crippen molar-refractivity contribution in [3.8, 4) is 0 Å². The zero-order valence-electron chi connectivity index (χ0n) is 11.9. The van der Waals surface area contributed by atoms with Gasteiger partial charge in [0.2, 0.25) is 0 Å². The molecule has 0 aliphatic carbocycles. The molecule has 0 aliphatic rings. The van der Waals surface area contributed by atoms with Crippen LogP contribution in [0.5, 0.6) is 0 Å². The quantitative estimate of drug-likeness (QED) is 0.908. The molecular formula is C14H16F2N4O. The SMILES string of the molecule is Cc1ccc(C)c(NC(=O)Nc2cc(C(F)F)n(C)n2)c1. The molecule has 1 heterocycles. The van der Waals surface area contributed by atoms with Gasteiger partial charge in [0.25, 0.3) is 6.43 Å². The van der Waals surface area contributed by atoms with E-state index in [4.69, 9.17) is 0 Å². The zero-order valence-corrected chi connectivity index (χ0v) is 11.9. The van der Waals surface area contributed by atoms with Crippen LogP contribution in [0.25, 0.3) is 0 Å². The summed E-state index contributed by atoms with van der Waals surface area (Å²) in [6.45, 7) is 3.78. The van der Waals surface area contributed by atoms with Gasteiger partial charge in [0.15, 0.2) is 5.82 Å². The van der Waals surface area contributed by atoms with E-state index in [1.54, 1.807) is 0 Å². The number of nitrogens with one attached hydrogen (secondary N) is 2. The first-order valence-corrected chi connectivity index (χ1v) is 6.34. The summed E-state index contributed by atoms with van der Waals surface area (Å²) in [7, 11) is 1.40. The van der Waals surface area contributed by atoms with Gasteiger partial charge >= 0.3 is 6.03 Å². The summed E-state index contributed by atoms with van der Waals surface area (Å²) >= 11 is 0. The number of benzene rings is 1. The second kappa shape index (κ2) is 5.90. The van der Waals surface area contributed by atoms with Crippen molar-refractivity contribution in [2.45, 2.75) is 20.3 Å². The van der Waals surface area contributed by atoms with Gasteiger partial charge in [0.05, 0.1) is 0 Å². The van der Waals surface area contributed by atoms with Crippen molar-refractivity contribution in [1.29, 1.82) is 0 Å². The molecule has 112 valence electrons. The second-order valence-electron chi connectivity index (χ2n) is 4.78. The van der Waals surface area contributed by atoms with Crippen LogP contribution in [0, 0.1) is 13.8 Å². The fourth-order valence-electron chi connectivity index (χ4n) is 1.89. The van der Waals surface area contributed by atoms with Gasteiger partial charge in [0.1, 0.15) is 5.69 Å². The summed E-state index contributed by atoms with van der Waals surface area (Å²) in [6.07, 6.45) is -2.64. The van der Waals surface area contributed by atoms with Gasteiger partial charge in [-0.05, 0) is 31.0 Å². The number of hydrogen-bond donors (Lipinski definition) is 2. The number of aryl methyl sites for hydroxylation is 3. The summed E-state index contributed by atoms with van der Waals surface area (Å²) in [5, 5.41) is 8.93. The highest BCUT2D eigenvalue weighted by atomic mass is 19.3. The first-order chi connectivity index (χ1) is 9.86. The van der Waals surface area contributed by atoms with E-state index in [1.165, 1.54) is 7.05 Å². The predicted octanol–water partition coefficient (Wildman–Crippen LogP) is 3.62. The molecule has 0 spiro atoms. The lowest BCUT2D eigenvalue weighted by Crippen LogP contribution is -2.20. The number of urea groups is 1. The van der Waals surface area contributed by atoms with Gasteiger partial charge in [-0.3, -0.25) is 10.00 Å². The molecule has 1 aromatic carbocycles. The third kappa shape index (κ3) is 3.56. The number of carbonyl (C=O) groups excluding carboxylic acids is 1. The van der Waals surface area contributed by atoms with Crippen LogP contribution in [0.2, 0.25) is 0 Å². The number of carbonyl (C=O) groups is 1. The minimum Gasteiger partial charge on any atom is -0.307 e. The van der Waals surface area contributed by atoms with Gasteiger partial charge in [-0.2, -0.15) is 5.10 Å². The molecule has 5 nitrogen and oxygen atoms in total. The van der Waals surface area contributed by atoms with Crippen molar-refractivity contribution >= 4 is 17.5 Å². The lowest BCUT2D eigenvalue weighted by molar-refractivity contribution is 0.141. The van der Waals surface area contributed by atoms with Gasteiger partial charge < -0.3 is 5.32 Å². The fourth-order valence-corrected chi connectivity index (χ4v) is 1.89. The van der Waals surface area contributed by atoms with Crippen molar-refractivity contribution in [2.24, 2.45) is 7.05 Å². The van der Waals surface area contributed by atoms with E-state index in [-0.39, 0.29) is 11.5 Å². The second-order valence-corrected chi connectivity index (χ2v) is 4.78. The van der Waals surface area contributed by atoms with Crippen LogP contribution < -0.4 is 10.6 Å². The Morgan fingerprint density at radius 2 is 1.95 bits per heavy atom. The molecule has 21 heavy (non-hydrogen) atoms. The molecule has 0 fully saturated rings. The maximum Gasteiger partial charge on any atom is 0.324 e. The number of anilines is 2. The van der Waals surface area contributed by atoms with Crippen LogP contribution in [-0.2, 0) is 7.05 Å². The zero-order chi connectivity index (χ0) is 15.6. The molecule has 1 aromatic heterocycles. The van der Waals surface area contributed by atoms with Crippen LogP contribution >= 0.6 is 0 Å². The fraction of sp³-hybridized carbons (Fsp3) is 0.286. The number of nitrogens with zero attached hydrogens (tertiary/aromatic N) is 2. The van der Waals surface area contributed by atoms with Crippen LogP contribution in [0.3, 0.4) is 0 Å². The standard InChI is InChI=1S/C14H16F2N4O/c1-8-4-5-9(2)10(6-8)17-14(21)18-12-7-11(13(15)16)20(3)19-12/h4-7,13H,1-3H3,(H2,17,18,19,21). The highest BCUT2D eigenvalue weighted by Gasteiger charge is 2.15. The van der Waals surface area contributed by atoms with E-state index < -0.39 is 12.5 Å². The Kier molecular flexibility index (Phi) is 4.21. The summed E-state index contributed by atoms with van der Waals surface area (Å²) in [6, 6.07) is 6.28. The molecule has 2 aromatic rings. The molecule has 2 rings (SSSR count). The minimum atomic E-state index is -2.64. The summed E-state index contributed by atoms with van der Waals surface area (Å²) in [5.41, 5.74) is 2.33. The van der Waals surface area contributed by atoms with E-state index in [1.807, 2.05) is 32.0 Å². The molecule has 0 saturated heterocycles. The van der Waals surface area contributed by atoms with Crippen molar-refractivity contribution in [3.05, 3.63) is 41.1 Å². The molecule has 0 atom stereocenters. The van der Waals surface area contributed by atoms with Crippen molar-refractivity contribution in [2.75, 3.05) is 10.6 Å². The van der Waals surface area contributed by atoms with E-state index in [9.17, 15) is 13.6 Å². The minimum absolute atomic E-state index is 0.0793. The maximum atomic E-state index is 12.6. The number of halogens is 2. The van der Waals surface area contributed by atoms with Crippen LogP contribution in [-0.4, -0.2) is 15.8 Å². The Hall–Kier alpha value is -2.44. The monoisotopic (exact) mass is 294 g/mol. The van der Waals surface area contributed by atoms with Gasteiger partial charge in [-0.15, -0.1) is 0 Å². The molecule has 0 radical (unpaired) electrons. The number of alkyl halides is 2. The lowest BCUT2D eigenvalue weighted by Gasteiger charge is -2.09. The molecule has 2 amide bonds. The van der Waals surface area contributed by atoms with E-state index >= 15 is 0 Å². The van der Waals surface area contributed by atoms with Crippen LogP contribution in [0.15, 0.2) is 24.3 Å². The third-order valence-corrected chi connectivity index (χ3v) is 3.02. The average molecular weight is 294 g/mol. The van der Waals surface area contributed by atoms with Crippen molar-refractivity contribution < 1.29 is 13.6 Å². The van der Waals surface area contributed by atoms with Crippen LogP contribution in [0.1, 0.15) is 23.2 Å². The topological polar surface area (TPSA) is 59.0 Å². The Morgan fingerprint density at radius 3 is 2.57 bits per heavy atom. The first kappa shape index (κ1) is 15.0. The average Bonchev–Trinajstić information content (AvgIpc) is 2.74. The van der Waals surface area contributed by atoms with Crippen LogP contribution in [0.4, 0.5) is 25.1 Å². The molecular weight excluding hydrogens is 278 g/mol. The Labute approximate surface area is 121 Å².